The summed E-state index contributed by atoms with van der Waals surface area (Å²) in [5.41, 5.74) is 22.6. The number of hydrogen-bond acceptors (Lipinski definition) is 15. The van der Waals surface area contributed by atoms with Crippen LogP contribution in [0, 0.1) is 13.8 Å². The molecule has 8 aromatic heterocycles. The van der Waals surface area contributed by atoms with Gasteiger partial charge in [0.05, 0.1) is 42.4 Å². The van der Waals surface area contributed by atoms with Crippen molar-refractivity contribution in [2.75, 3.05) is 87.8 Å². The summed E-state index contributed by atoms with van der Waals surface area (Å²) in [5.74, 6) is 2.24. The Labute approximate surface area is 674 Å². The van der Waals surface area contributed by atoms with E-state index >= 15 is 0 Å². The molecule has 10 heterocycles. The van der Waals surface area contributed by atoms with Crippen LogP contribution < -0.4 is 14.2 Å². The topological polar surface area (TPSA) is 222 Å². The number of rotatable bonds is 18. The molecular weight excluding hydrogens is 1490 g/mol. The number of aldehydes is 1. The number of likely N-dealkylation sites (N-methyl/N-ethyl adjacent to an activating group) is 2. The van der Waals surface area contributed by atoms with E-state index in [-0.39, 0.29) is 9.79 Å². The Morgan fingerprint density at radius 3 is 1.24 bits per heavy atom. The van der Waals surface area contributed by atoms with Crippen LogP contribution in [-0.4, -0.2) is 168 Å². The highest BCUT2D eigenvalue weighted by Gasteiger charge is 2.28. The lowest BCUT2D eigenvalue weighted by Crippen LogP contribution is -2.43. The van der Waals surface area contributed by atoms with Gasteiger partial charge in [0.15, 0.2) is 17.6 Å². The third kappa shape index (κ3) is 15.2. The van der Waals surface area contributed by atoms with Gasteiger partial charge in [-0.15, -0.1) is 0 Å². The van der Waals surface area contributed by atoms with Gasteiger partial charge in [-0.2, -0.15) is 0 Å². The second-order valence-electron chi connectivity index (χ2n) is 30.2. The van der Waals surface area contributed by atoms with Crippen LogP contribution in [0.25, 0.3) is 116 Å². The molecule has 20 nitrogen and oxygen atoms in total. The van der Waals surface area contributed by atoms with E-state index < -0.39 is 20.0 Å². The second-order valence-corrected chi connectivity index (χ2v) is 33.8. The van der Waals surface area contributed by atoms with Crippen LogP contribution in [0.5, 0.6) is 17.2 Å². The van der Waals surface area contributed by atoms with E-state index in [4.69, 9.17) is 24.2 Å². The minimum atomic E-state index is -3.91. The van der Waals surface area contributed by atoms with Crippen molar-refractivity contribution in [2.45, 2.75) is 43.1 Å². The molecule has 0 atom stereocenters. The Balaban J connectivity index is 0.000000126. The van der Waals surface area contributed by atoms with Crippen molar-refractivity contribution >= 4 is 86.7 Å². The number of hydrogen-bond donors (Lipinski definition) is 3. The maximum Gasteiger partial charge on any atom is 0.269 e. The fraction of sp³-hybridized carbons (Fsp3) is 0.191. The number of aromatic amines is 3. The quantitative estimate of drug-likeness (QED) is 0.0680. The van der Waals surface area contributed by atoms with Gasteiger partial charge in [0.1, 0.15) is 17.2 Å². The SMILES string of the molecule is COc1cc(-c2cnc3c(c2)C(c2ccc4[nH]ccc4c2)=CC3)ccc1CN1CCN(C)CC1.COc1cc(-c2cnc3c(c2)c(-c2ccc4[nH]ccc4c2)cn3S(=O)(=O)c2ccc(C)cc2)ccc1C=O.COc1cc(-c2cnc3c(c2)c(-c2ccc4[nH]ccc4c2)cn3S(=O)(=O)c2ccc(C)cc2)ccc1CN1CCN(C)CC1. The van der Waals surface area contributed by atoms with E-state index in [2.05, 4.69) is 133 Å². The molecule has 2 fully saturated rings. The molecule has 116 heavy (non-hydrogen) atoms. The predicted molar refractivity (Wildman–Crippen MR) is 462 cm³/mol. The molecule has 19 rings (SSSR count). The van der Waals surface area contributed by atoms with Crippen molar-refractivity contribution in [2.24, 2.45) is 0 Å². The number of pyridine rings is 3. The van der Waals surface area contributed by atoms with Crippen LogP contribution >= 0.6 is 0 Å². The van der Waals surface area contributed by atoms with Crippen molar-refractivity contribution in [1.29, 1.82) is 0 Å². The summed E-state index contributed by atoms with van der Waals surface area (Å²) in [6.45, 7) is 14.2. The predicted octanol–water partition coefficient (Wildman–Crippen LogP) is 17.3. The molecule has 3 N–H and O–H groups in total. The van der Waals surface area contributed by atoms with Crippen molar-refractivity contribution in [3.8, 4) is 72.9 Å². The Kier molecular flexibility index (Phi) is 21.0. The molecule has 0 saturated carbocycles. The molecule has 22 heteroatoms. The molecule has 2 aliphatic heterocycles. The van der Waals surface area contributed by atoms with Crippen molar-refractivity contribution < 1.29 is 35.8 Å². The van der Waals surface area contributed by atoms with Crippen LogP contribution in [-0.2, 0) is 39.6 Å². The van der Waals surface area contributed by atoms with E-state index in [1.165, 1.54) is 48.2 Å². The number of nitrogens with one attached hydrogen (secondary N) is 3. The molecule has 0 amide bonds. The van der Waals surface area contributed by atoms with Gasteiger partial charge in [0, 0.05) is 193 Å². The second kappa shape index (κ2) is 32.0. The lowest BCUT2D eigenvalue weighted by Gasteiger charge is -2.32. The number of allylic oxidation sites excluding steroid dienone is 1. The molecule has 0 radical (unpaired) electrons. The number of fused-ring (bicyclic) bond motifs is 6. The molecule has 0 unspecified atom stereocenters. The number of benzene rings is 8. The average Bonchev–Trinajstić information content (AvgIpc) is 1.60. The van der Waals surface area contributed by atoms with Gasteiger partial charge in [-0.1, -0.05) is 90.0 Å². The molecule has 1 aliphatic carbocycles. The van der Waals surface area contributed by atoms with Crippen molar-refractivity contribution in [3.63, 3.8) is 0 Å². The highest BCUT2D eigenvalue weighted by Crippen LogP contribution is 2.42. The number of aryl methyl sites for hydroxylation is 2. The minimum Gasteiger partial charge on any atom is -0.496 e. The maximum atomic E-state index is 13.9. The lowest BCUT2D eigenvalue weighted by molar-refractivity contribution is 0.112. The van der Waals surface area contributed by atoms with Gasteiger partial charge in [-0.25, -0.2) is 34.7 Å². The smallest absolute Gasteiger partial charge is 0.269 e. The van der Waals surface area contributed by atoms with E-state index in [0.29, 0.717) is 28.0 Å². The fourth-order valence-electron chi connectivity index (χ4n) is 15.8. The molecule has 0 spiro atoms. The molecule has 3 aliphatic rings. The summed E-state index contributed by atoms with van der Waals surface area (Å²) in [7, 11) is 1.54. The minimum absolute atomic E-state index is 0.188. The molecular formula is C94H88N12O8S2. The van der Waals surface area contributed by atoms with E-state index in [0.717, 1.165) is 195 Å². The van der Waals surface area contributed by atoms with Crippen LogP contribution in [0.1, 0.15) is 49.4 Å². The standard InChI is InChI=1S/C35H35N5O3S.C30H23N3O4S.C29H30N4O/c1-24-4-9-30(10-5-24)44(41,42)40-23-32(26-8-11-33-27(18-26)12-13-36-33)31-19-29(21-37-35(31)40)25-6-7-28(34(20-25)43-3)22-39-16-14-38(2)15-17-39;1-19-3-8-25(9-4-19)38(35,36)33-17-27(21-7-10-28-22(13-21)11-12-31-28)26-14-24(16-32-30(26)33)20-5-6-23(18-34)29(15-20)37-2;1-32-11-13-33(14-12-32)19-23-4-3-20(17-29(23)34-2)24-16-26-25(6-8-28(26)31-18-24)21-5-7-27-22(15-21)9-10-30-27/h4-13,18-21,23,36H,14-17,22H2,1-3H3;3-18,31H,1-2H3;3-7,9-10,15-18,30H,8,11-14,19H2,1-2H3. The first-order valence-corrected chi connectivity index (χ1v) is 41.6. The number of piperazine rings is 2. The normalized spacial score (nSPS) is 14.4. The van der Waals surface area contributed by atoms with Crippen molar-refractivity contribution in [1.82, 2.24) is 57.4 Å². The largest absolute Gasteiger partial charge is 0.496 e. The number of H-pyrrole nitrogens is 3. The van der Waals surface area contributed by atoms with E-state index in [9.17, 15) is 21.6 Å². The summed E-state index contributed by atoms with van der Waals surface area (Å²) in [4.78, 5) is 45.4. The zero-order valence-corrected chi connectivity index (χ0v) is 67.3. The van der Waals surface area contributed by atoms with Gasteiger partial charge in [0.25, 0.3) is 20.0 Å². The van der Waals surface area contributed by atoms with Crippen LogP contribution in [0.4, 0.5) is 0 Å². The first-order valence-electron chi connectivity index (χ1n) is 38.8. The van der Waals surface area contributed by atoms with Gasteiger partial charge in [-0.3, -0.25) is 19.6 Å². The first kappa shape index (κ1) is 76.1. The average molecular weight is 1580 g/mol. The summed E-state index contributed by atoms with van der Waals surface area (Å²) >= 11 is 0. The van der Waals surface area contributed by atoms with Crippen LogP contribution in [0.15, 0.2) is 260 Å². The van der Waals surface area contributed by atoms with Gasteiger partial charge in [-0.05, 0) is 204 Å². The first-order chi connectivity index (χ1) is 56.4. The highest BCUT2D eigenvalue weighted by atomic mass is 32.2. The summed E-state index contributed by atoms with van der Waals surface area (Å²) < 4.78 is 75.0. The molecule has 16 aromatic rings. The molecule has 8 aromatic carbocycles. The zero-order chi connectivity index (χ0) is 79.9. The number of carbonyl (C=O) groups is 1. The van der Waals surface area contributed by atoms with E-state index in [1.807, 2.05) is 111 Å². The van der Waals surface area contributed by atoms with Gasteiger partial charge < -0.3 is 39.0 Å². The molecule has 2 saturated heterocycles. The lowest BCUT2D eigenvalue weighted by atomic mass is 9.96. The number of nitrogens with zero attached hydrogens (tertiary/aromatic N) is 9. The maximum absolute atomic E-state index is 13.9. The number of ether oxygens (including phenoxy) is 3. The zero-order valence-electron chi connectivity index (χ0n) is 65.6. The van der Waals surface area contributed by atoms with E-state index in [1.54, 1.807) is 87.5 Å². The monoisotopic (exact) mass is 1580 g/mol. The summed E-state index contributed by atoms with van der Waals surface area (Å²) in [6, 6.07) is 62.9. The number of methoxy groups -OCH3 is 3. The Morgan fingerprint density at radius 1 is 0.405 bits per heavy atom. The van der Waals surface area contributed by atoms with Gasteiger partial charge >= 0.3 is 0 Å². The number of aromatic nitrogens is 8. The van der Waals surface area contributed by atoms with Crippen LogP contribution in [0.3, 0.4) is 0 Å². The third-order valence-electron chi connectivity index (χ3n) is 22.6. The fourth-order valence-corrected chi connectivity index (χ4v) is 18.5. The number of carbonyl (C=O) groups excluding carboxylic acids is 1. The molecule has 0 bridgehead atoms. The third-order valence-corrected chi connectivity index (χ3v) is 26.0. The van der Waals surface area contributed by atoms with Crippen molar-refractivity contribution in [3.05, 3.63) is 294 Å². The Hall–Kier alpha value is -12.5. The Morgan fingerprint density at radius 2 is 0.802 bits per heavy atom. The highest BCUT2D eigenvalue weighted by molar-refractivity contribution is 7.90. The van der Waals surface area contributed by atoms with Crippen LogP contribution in [0.2, 0.25) is 0 Å². The Bertz CT molecular complexity index is 6680. The summed E-state index contributed by atoms with van der Waals surface area (Å²) in [5, 5.41) is 4.74. The molecule has 584 valence electrons. The van der Waals surface area contributed by atoms with Gasteiger partial charge in [0.2, 0.25) is 0 Å². The summed E-state index contributed by atoms with van der Waals surface area (Å²) in [6.07, 6.45) is 18.4.